The van der Waals surface area contributed by atoms with Crippen molar-refractivity contribution in [3.8, 4) is 0 Å². The molecule has 0 amide bonds. The summed E-state index contributed by atoms with van der Waals surface area (Å²) in [5.74, 6) is -4.15. The molecule has 4 heteroatoms. The minimum absolute atomic E-state index is 0.0733. The maximum absolute atomic E-state index is 14.7. The molecule has 0 atom stereocenters. The number of fused-ring (bicyclic) bond motifs is 1. The Hall–Kier alpha value is -2.10. The van der Waals surface area contributed by atoms with Gasteiger partial charge in [0.15, 0.2) is 23.3 Å². The number of rotatable bonds is 2. The molecule has 0 saturated heterocycles. The molecule has 3 rings (SSSR count). The van der Waals surface area contributed by atoms with Gasteiger partial charge in [-0.1, -0.05) is 24.8 Å². The zero-order valence-electron chi connectivity index (χ0n) is 13.9. The van der Waals surface area contributed by atoms with E-state index in [0.29, 0.717) is 17.0 Å². The molecule has 2 aliphatic rings. The van der Waals surface area contributed by atoms with Crippen LogP contribution >= 0.6 is 0 Å². The van der Waals surface area contributed by atoms with Crippen molar-refractivity contribution in [3.63, 3.8) is 0 Å². The van der Waals surface area contributed by atoms with E-state index >= 15 is 0 Å². The molecule has 0 bridgehead atoms. The van der Waals surface area contributed by atoms with Gasteiger partial charge in [0.25, 0.3) is 0 Å². The molecule has 0 radical (unpaired) electrons. The van der Waals surface area contributed by atoms with Crippen LogP contribution in [0.2, 0.25) is 0 Å². The van der Waals surface area contributed by atoms with Gasteiger partial charge in [0.1, 0.15) is 0 Å². The monoisotopic (exact) mass is 348 g/mol. The van der Waals surface area contributed by atoms with Crippen molar-refractivity contribution in [3.05, 3.63) is 77.4 Å². The van der Waals surface area contributed by atoms with Gasteiger partial charge in [0, 0.05) is 11.1 Å². The highest BCUT2D eigenvalue weighted by Crippen LogP contribution is 2.41. The van der Waals surface area contributed by atoms with Crippen molar-refractivity contribution in [2.45, 2.75) is 38.0 Å². The second-order valence-corrected chi connectivity index (χ2v) is 6.72. The van der Waals surface area contributed by atoms with Crippen LogP contribution in [0.25, 0.3) is 5.57 Å². The molecule has 1 fully saturated rings. The minimum Gasteiger partial charge on any atom is -0.204 e. The second kappa shape index (κ2) is 7.03. The molecule has 0 N–H and O–H groups in total. The average molecular weight is 348 g/mol. The van der Waals surface area contributed by atoms with Crippen LogP contribution in [0, 0.1) is 17.6 Å². The number of halogens is 4. The first-order valence-electron chi connectivity index (χ1n) is 8.48. The van der Waals surface area contributed by atoms with E-state index in [1.807, 2.05) is 6.08 Å². The van der Waals surface area contributed by atoms with Gasteiger partial charge in [-0.2, -0.15) is 0 Å². The van der Waals surface area contributed by atoms with Gasteiger partial charge in [-0.05, 0) is 61.1 Å². The standard InChI is InChI=1S/C21H20F4/c1-3-13-7-9-14(10-8-13)16-11-15-5-4-6-17(22)19(23)12(2)18(15)21(25)20(16)24/h3-4,6,11,13-14H,1-2,5,7-10H2/b6-4-,19-17-. The highest BCUT2D eigenvalue weighted by Gasteiger charge is 2.29. The molecule has 0 spiro atoms. The van der Waals surface area contributed by atoms with Crippen LogP contribution in [0.3, 0.4) is 0 Å². The first-order chi connectivity index (χ1) is 11.9. The van der Waals surface area contributed by atoms with Gasteiger partial charge in [0.05, 0.1) is 0 Å². The third kappa shape index (κ3) is 3.22. The topological polar surface area (TPSA) is 0 Å². The van der Waals surface area contributed by atoms with E-state index in [1.165, 1.54) is 6.08 Å². The number of allylic oxidation sites excluding steroid dienone is 6. The van der Waals surface area contributed by atoms with Crippen molar-refractivity contribution < 1.29 is 17.6 Å². The maximum Gasteiger partial charge on any atom is 0.167 e. The molecular formula is C21H20F4. The van der Waals surface area contributed by atoms with Crippen LogP contribution in [0.4, 0.5) is 17.6 Å². The first kappa shape index (κ1) is 17.7. The Labute approximate surface area is 145 Å². The normalized spacial score (nSPS) is 28.1. The summed E-state index contributed by atoms with van der Waals surface area (Å²) in [6, 6.07) is 1.60. The van der Waals surface area contributed by atoms with E-state index in [0.717, 1.165) is 31.8 Å². The van der Waals surface area contributed by atoms with E-state index in [4.69, 9.17) is 0 Å². The summed E-state index contributed by atoms with van der Waals surface area (Å²) in [4.78, 5) is 0. The van der Waals surface area contributed by atoms with E-state index < -0.39 is 28.9 Å². The van der Waals surface area contributed by atoms with Gasteiger partial charge in [-0.3, -0.25) is 0 Å². The summed E-state index contributed by atoms with van der Waals surface area (Å²) in [6.45, 7) is 7.22. The van der Waals surface area contributed by atoms with E-state index in [2.05, 4.69) is 13.2 Å². The van der Waals surface area contributed by atoms with Gasteiger partial charge >= 0.3 is 0 Å². The third-order valence-electron chi connectivity index (χ3n) is 5.24. The highest BCUT2D eigenvalue weighted by molar-refractivity contribution is 5.79. The van der Waals surface area contributed by atoms with Crippen molar-refractivity contribution in [1.82, 2.24) is 0 Å². The molecule has 25 heavy (non-hydrogen) atoms. The smallest absolute Gasteiger partial charge is 0.167 e. The zero-order chi connectivity index (χ0) is 18.1. The summed E-state index contributed by atoms with van der Waals surface area (Å²) < 4.78 is 57.0. The van der Waals surface area contributed by atoms with Gasteiger partial charge in [-0.15, -0.1) is 6.58 Å². The summed E-state index contributed by atoms with van der Waals surface area (Å²) >= 11 is 0. The fourth-order valence-corrected chi connectivity index (χ4v) is 3.77. The Morgan fingerprint density at radius 2 is 1.68 bits per heavy atom. The fourth-order valence-electron chi connectivity index (χ4n) is 3.77. The predicted octanol–water partition coefficient (Wildman–Crippen LogP) is 6.70. The van der Waals surface area contributed by atoms with E-state index in [9.17, 15) is 17.6 Å². The van der Waals surface area contributed by atoms with Gasteiger partial charge in [0.2, 0.25) is 0 Å². The average Bonchev–Trinajstić information content (AvgIpc) is 2.62. The number of hydrogen-bond acceptors (Lipinski definition) is 0. The Kier molecular flexibility index (Phi) is 4.98. The molecule has 0 nitrogen and oxygen atoms in total. The van der Waals surface area contributed by atoms with Crippen molar-refractivity contribution in [2.75, 3.05) is 0 Å². The lowest BCUT2D eigenvalue weighted by Crippen LogP contribution is -2.15. The zero-order valence-corrected chi connectivity index (χ0v) is 13.9. The Morgan fingerprint density at radius 3 is 2.32 bits per heavy atom. The van der Waals surface area contributed by atoms with Crippen LogP contribution in [0.15, 0.2) is 49.1 Å². The second-order valence-electron chi connectivity index (χ2n) is 6.72. The summed E-state index contributed by atoms with van der Waals surface area (Å²) in [6.07, 6.45) is 7.81. The molecule has 0 unspecified atom stereocenters. The SMILES string of the molecule is C=CC1CCC(c2cc3c(c(F)c2F)C(=C)/C(F)=C(F)\C=C/C3)CC1. The number of hydrogen-bond donors (Lipinski definition) is 0. The molecule has 1 aromatic rings. The van der Waals surface area contributed by atoms with Crippen LogP contribution in [-0.4, -0.2) is 0 Å². The van der Waals surface area contributed by atoms with Crippen LogP contribution < -0.4 is 0 Å². The molecule has 0 heterocycles. The van der Waals surface area contributed by atoms with E-state index in [1.54, 1.807) is 6.07 Å². The summed E-state index contributed by atoms with van der Waals surface area (Å²) in [5, 5.41) is 0. The van der Waals surface area contributed by atoms with Crippen LogP contribution in [0.5, 0.6) is 0 Å². The lowest BCUT2D eigenvalue weighted by molar-refractivity contribution is 0.364. The lowest BCUT2D eigenvalue weighted by Gasteiger charge is -2.28. The highest BCUT2D eigenvalue weighted by atomic mass is 19.2. The molecular weight excluding hydrogens is 328 g/mol. The molecule has 1 aromatic carbocycles. The lowest BCUT2D eigenvalue weighted by atomic mass is 9.77. The van der Waals surface area contributed by atoms with E-state index in [-0.39, 0.29) is 17.9 Å². The Balaban J connectivity index is 2.04. The quantitative estimate of drug-likeness (QED) is 0.412. The summed E-state index contributed by atoms with van der Waals surface area (Å²) in [7, 11) is 0. The third-order valence-corrected chi connectivity index (χ3v) is 5.24. The van der Waals surface area contributed by atoms with Crippen molar-refractivity contribution in [2.24, 2.45) is 5.92 Å². The first-order valence-corrected chi connectivity index (χ1v) is 8.48. The largest absolute Gasteiger partial charge is 0.204 e. The van der Waals surface area contributed by atoms with Gasteiger partial charge in [-0.25, -0.2) is 17.6 Å². The fraction of sp³-hybridized carbons (Fsp3) is 0.333. The number of benzene rings is 1. The van der Waals surface area contributed by atoms with Crippen molar-refractivity contribution in [1.29, 1.82) is 0 Å². The molecule has 2 aliphatic carbocycles. The molecule has 132 valence electrons. The molecule has 1 saturated carbocycles. The van der Waals surface area contributed by atoms with Gasteiger partial charge < -0.3 is 0 Å². The predicted molar refractivity (Wildman–Crippen MR) is 92.4 cm³/mol. The maximum atomic E-state index is 14.7. The summed E-state index contributed by atoms with van der Waals surface area (Å²) in [5.41, 5.74) is 0.0437. The Bertz CT molecular complexity index is 778. The molecule has 0 aliphatic heterocycles. The van der Waals surface area contributed by atoms with Crippen LogP contribution in [-0.2, 0) is 6.42 Å². The van der Waals surface area contributed by atoms with Crippen molar-refractivity contribution >= 4 is 5.57 Å². The van der Waals surface area contributed by atoms with Crippen LogP contribution in [0.1, 0.15) is 48.3 Å². The Morgan fingerprint density at radius 1 is 1.00 bits per heavy atom. The molecule has 0 aromatic heterocycles. The minimum atomic E-state index is -1.25.